The van der Waals surface area contributed by atoms with Crippen molar-refractivity contribution in [2.24, 2.45) is 5.92 Å². The van der Waals surface area contributed by atoms with Gasteiger partial charge >= 0.3 is 0 Å². The van der Waals surface area contributed by atoms with Gasteiger partial charge in [-0.3, -0.25) is 9.59 Å². The summed E-state index contributed by atoms with van der Waals surface area (Å²) >= 11 is 1.52. The minimum absolute atomic E-state index is 0.0490. The van der Waals surface area contributed by atoms with E-state index in [4.69, 9.17) is 9.26 Å². The SMILES string of the molecule is CSc1ccccc1C(=O)N1CC(=O)N(CC(C)C)CC(OCc2c(C)noc2C)C1. The van der Waals surface area contributed by atoms with Crippen molar-refractivity contribution in [1.29, 1.82) is 0 Å². The number of aromatic nitrogens is 1. The van der Waals surface area contributed by atoms with Crippen LogP contribution in [0.25, 0.3) is 0 Å². The molecule has 1 aromatic heterocycles. The van der Waals surface area contributed by atoms with E-state index in [1.807, 2.05) is 49.3 Å². The lowest BCUT2D eigenvalue weighted by Gasteiger charge is -2.26. The zero-order chi connectivity index (χ0) is 22.5. The molecule has 1 unspecified atom stereocenters. The Labute approximate surface area is 188 Å². The monoisotopic (exact) mass is 445 g/mol. The summed E-state index contributed by atoms with van der Waals surface area (Å²) in [7, 11) is 0. The molecule has 2 aromatic rings. The summed E-state index contributed by atoms with van der Waals surface area (Å²) in [6.07, 6.45) is 1.64. The van der Waals surface area contributed by atoms with Gasteiger partial charge in [-0.05, 0) is 38.2 Å². The van der Waals surface area contributed by atoms with Gasteiger partial charge in [-0.25, -0.2) is 0 Å². The second-order valence-corrected chi connectivity index (χ2v) is 9.16. The Bertz CT molecular complexity index is 908. The lowest BCUT2D eigenvalue weighted by Crippen LogP contribution is -2.40. The molecule has 1 atom stereocenters. The van der Waals surface area contributed by atoms with Crippen LogP contribution in [0, 0.1) is 19.8 Å². The molecule has 2 amide bonds. The third-order valence-electron chi connectivity index (χ3n) is 5.38. The number of benzene rings is 1. The molecule has 168 valence electrons. The number of rotatable bonds is 7. The van der Waals surface area contributed by atoms with Crippen LogP contribution < -0.4 is 0 Å². The molecule has 0 saturated carbocycles. The van der Waals surface area contributed by atoms with Gasteiger partial charge in [-0.15, -0.1) is 11.8 Å². The van der Waals surface area contributed by atoms with Gasteiger partial charge in [0.25, 0.3) is 5.91 Å². The number of carbonyl (C=O) groups is 2. The van der Waals surface area contributed by atoms with Crippen LogP contribution in [0.15, 0.2) is 33.7 Å². The smallest absolute Gasteiger partial charge is 0.255 e. The van der Waals surface area contributed by atoms with Gasteiger partial charge in [-0.2, -0.15) is 0 Å². The molecule has 1 aromatic carbocycles. The Balaban J connectivity index is 1.82. The molecule has 2 heterocycles. The first kappa shape index (κ1) is 23.3. The van der Waals surface area contributed by atoms with Crippen molar-refractivity contribution < 1.29 is 18.8 Å². The summed E-state index contributed by atoms with van der Waals surface area (Å²) in [5, 5.41) is 3.98. The van der Waals surface area contributed by atoms with Gasteiger partial charge in [0, 0.05) is 30.1 Å². The van der Waals surface area contributed by atoms with Crippen LogP contribution in [0.3, 0.4) is 0 Å². The van der Waals surface area contributed by atoms with Crippen molar-refractivity contribution >= 4 is 23.6 Å². The molecule has 3 rings (SSSR count). The molecule has 1 aliphatic rings. The average Bonchev–Trinajstić information content (AvgIpc) is 2.97. The number of amides is 2. The topological polar surface area (TPSA) is 75.9 Å². The highest BCUT2D eigenvalue weighted by atomic mass is 32.2. The van der Waals surface area contributed by atoms with Crippen molar-refractivity contribution in [1.82, 2.24) is 15.0 Å². The van der Waals surface area contributed by atoms with Gasteiger partial charge in [0.15, 0.2) is 0 Å². The molecule has 0 N–H and O–H groups in total. The Hall–Kier alpha value is -2.32. The quantitative estimate of drug-likeness (QED) is 0.607. The number of aryl methyl sites for hydroxylation is 2. The Kier molecular flexibility index (Phi) is 7.78. The van der Waals surface area contributed by atoms with E-state index in [2.05, 4.69) is 19.0 Å². The summed E-state index contributed by atoms with van der Waals surface area (Å²) in [6, 6.07) is 7.50. The number of nitrogens with zero attached hydrogens (tertiary/aromatic N) is 3. The molecule has 0 radical (unpaired) electrons. The van der Waals surface area contributed by atoms with Crippen molar-refractivity contribution in [3.63, 3.8) is 0 Å². The lowest BCUT2D eigenvalue weighted by atomic mass is 10.2. The predicted octanol–water partition coefficient (Wildman–Crippen LogP) is 3.54. The van der Waals surface area contributed by atoms with E-state index in [0.717, 1.165) is 21.9 Å². The summed E-state index contributed by atoms with van der Waals surface area (Å²) < 4.78 is 11.4. The largest absolute Gasteiger partial charge is 0.370 e. The summed E-state index contributed by atoms with van der Waals surface area (Å²) in [4.78, 5) is 30.7. The Morgan fingerprint density at radius 3 is 2.68 bits per heavy atom. The van der Waals surface area contributed by atoms with E-state index in [9.17, 15) is 9.59 Å². The van der Waals surface area contributed by atoms with Gasteiger partial charge in [0.05, 0.1) is 24.0 Å². The number of thioether (sulfide) groups is 1. The van der Waals surface area contributed by atoms with Crippen LogP contribution in [0.1, 0.15) is 41.2 Å². The fourth-order valence-electron chi connectivity index (χ4n) is 3.76. The van der Waals surface area contributed by atoms with Crippen LogP contribution in [-0.4, -0.2) is 65.3 Å². The first-order valence-electron chi connectivity index (χ1n) is 10.5. The van der Waals surface area contributed by atoms with Gasteiger partial charge in [0.2, 0.25) is 5.91 Å². The van der Waals surface area contributed by atoms with E-state index >= 15 is 0 Å². The fourth-order valence-corrected chi connectivity index (χ4v) is 4.35. The standard InChI is InChI=1S/C23H31N3O4S/c1-15(2)10-25-11-18(29-14-20-16(3)24-30-17(20)4)12-26(13-22(25)27)23(28)19-8-6-7-9-21(19)31-5/h6-9,15,18H,10-14H2,1-5H3. The summed E-state index contributed by atoms with van der Waals surface area (Å²) in [5.41, 5.74) is 2.32. The molecule has 0 bridgehead atoms. The third kappa shape index (κ3) is 5.68. The number of hydrogen-bond donors (Lipinski definition) is 0. The number of hydrogen-bond acceptors (Lipinski definition) is 6. The van der Waals surface area contributed by atoms with Gasteiger partial charge in [-0.1, -0.05) is 31.1 Å². The average molecular weight is 446 g/mol. The molecule has 8 heteroatoms. The second-order valence-electron chi connectivity index (χ2n) is 8.31. The van der Waals surface area contributed by atoms with Crippen molar-refractivity contribution in [3.8, 4) is 0 Å². The maximum absolute atomic E-state index is 13.4. The highest BCUT2D eigenvalue weighted by molar-refractivity contribution is 7.98. The summed E-state index contributed by atoms with van der Waals surface area (Å²) in [5.74, 6) is 0.859. The highest BCUT2D eigenvalue weighted by Crippen LogP contribution is 2.23. The molecular weight excluding hydrogens is 414 g/mol. The third-order valence-corrected chi connectivity index (χ3v) is 6.18. The molecule has 1 fully saturated rings. The van der Waals surface area contributed by atoms with E-state index in [1.54, 1.807) is 4.90 Å². The Morgan fingerprint density at radius 1 is 1.29 bits per heavy atom. The van der Waals surface area contributed by atoms with E-state index in [1.165, 1.54) is 11.8 Å². The Morgan fingerprint density at radius 2 is 2.03 bits per heavy atom. The summed E-state index contributed by atoms with van der Waals surface area (Å²) in [6.45, 7) is 9.72. The van der Waals surface area contributed by atoms with Crippen LogP contribution >= 0.6 is 11.8 Å². The van der Waals surface area contributed by atoms with Crippen LogP contribution in [0.4, 0.5) is 0 Å². The molecular formula is C23H31N3O4S. The first-order chi connectivity index (χ1) is 14.8. The minimum atomic E-state index is -0.302. The van der Waals surface area contributed by atoms with Crippen LogP contribution in [0.5, 0.6) is 0 Å². The molecule has 0 spiro atoms. The van der Waals surface area contributed by atoms with E-state index < -0.39 is 0 Å². The molecule has 1 aliphatic heterocycles. The van der Waals surface area contributed by atoms with Crippen LogP contribution in [-0.2, 0) is 16.1 Å². The maximum Gasteiger partial charge on any atom is 0.255 e. The second kappa shape index (κ2) is 10.3. The maximum atomic E-state index is 13.4. The first-order valence-corrected chi connectivity index (χ1v) is 11.8. The molecule has 0 aliphatic carbocycles. The van der Waals surface area contributed by atoms with E-state index in [0.29, 0.717) is 37.7 Å². The number of ether oxygens (including phenoxy) is 1. The zero-order valence-corrected chi connectivity index (χ0v) is 19.7. The predicted molar refractivity (Wildman–Crippen MR) is 120 cm³/mol. The van der Waals surface area contributed by atoms with Gasteiger partial charge in [0.1, 0.15) is 12.3 Å². The van der Waals surface area contributed by atoms with Crippen molar-refractivity contribution in [2.75, 3.05) is 32.4 Å². The van der Waals surface area contributed by atoms with E-state index in [-0.39, 0.29) is 24.5 Å². The zero-order valence-electron chi connectivity index (χ0n) is 18.9. The molecule has 1 saturated heterocycles. The van der Waals surface area contributed by atoms with Crippen molar-refractivity contribution in [3.05, 3.63) is 46.8 Å². The fraction of sp³-hybridized carbons (Fsp3) is 0.522. The highest BCUT2D eigenvalue weighted by Gasteiger charge is 2.32. The molecule has 7 nitrogen and oxygen atoms in total. The van der Waals surface area contributed by atoms with Crippen LogP contribution in [0.2, 0.25) is 0 Å². The normalized spacial score (nSPS) is 17.4. The minimum Gasteiger partial charge on any atom is -0.370 e. The number of carbonyl (C=O) groups excluding carboxylic acids is 2. The van der Waals surface area contributed by atoms with Gasteiger partial charge < -0.3 is 19.1 Å². The lowest BCUT2D eigenvalue weighted by molar-refractivity contribution is -0.132. The van der Waals surface area contributed by atoms with Crippen molar-refractivity contribution in [2.45, 2.75) is 45.3 Å². The molecule has 31 heavy (non-hydrogen) atoms.